The van der Waals surface area contributed by atoms with Gasteiger partial charge in [0.2, 0.25) is 5.91 Å². The van der Waals surface area contributed by atoms with Gasteiger partial charge < -0.3 is 14.5 Å². The average Bonchev–Trinajstić information content (AvgIpc) is 3.03. The zero-order valence-electron chi connectivity index (χ0n) is 21.1. The smallest absolute Gasteiger partial charge is 0.375 e. The van der Waals surface area contributed by atoms with Gasteiger partial charge in [-0.2, -0.15) is 26.3 Å². The number of ether oxygens (including phenoxy) is 1. The van der Waals surface area contributed by atoms with Crippen LogP contribution in [-0.4, -0.2) is 53.9 Å². The first-order valence-electron chi connectivity index (χ1n) is 12.3. The fourth-order valence-corrected chi connectivity index (χ4v) is 4.34. The molecule has 1 unspecified atom stereocenters. The van der Waals surface area contributed by atoms with Crippen LogP contribution in [0.1, 0.15) is 53.7 Å². The SMILES string of the molecule is CC(C)CC(COCc1ccc(C(F)(F)F)cc1)N1CCN(C(=O)c2ccc(C(F)(F)F)cc2)CCC1=O. The Kier molecular flexibility index (Phi) is 9.45. The molecule has 1 heterocycles. The Hall–Kier alpha value is -3.08. The van der Waals surface area contributed by atoms with Gasteiger partial charge >= 0.3 is 12.4 Å². The Morgan fingerprint density at radius 2 is 1.42 bits per heavy atom. The number of carbonyl (C=O) groups excluding carboxylic acids is 2. The molecule has 0 aromatic heterocycles. The fraction of sp³-hybridized carbons (Fsp3) is 0.481. The van der Waals surface area contributed by atoms with E-state index in [1.54, 1.807) is 4.90 Å². The lowest BCUT2D eigenvalue weighted by Crippen LogP contribution is -2.45. The maximum Gasteiger partial charge on any atom is 0.416 e. The minimum absolute atomic E-state index is 0.0554. The van der Waals surface area contributed by atoms with Gasteiger partial charge in [-0.3, -0.25) is 9.59 Å². The van der Waals surface area contributed by atoms with Crippen LogP contribution >= 0.6 is 0 Å². The number of hydrogen-bond acceptors (Lipinski definition) is 3. The van der Waals surface area contributed by atoms with Crippen molar-refractivity contribution in [3.63, 3.8) is 0 Å². The van der Waals surface area contributed by atoms with Gasteiger partial charge in [-0.05, 0) is 54.3 Å². The quantitative estimate of drug-likeness (QED) is 0.382. The molecular formula is C27H30F6N2O3. The lowest BCUT2D eigenvalue weighted by atomic mass is 10.0. The number of halogens is 6. The molecule has 38 heavy (non-hydrogen) atoms. The van der Waals surface area contributed by atoms with Gasteiger partial charge in [0.05, 0.1) is 30.4 Å². The van der Waals surface area contributed by atoms with Gasteiger partial charge in [-0.15, -0.1) is 0 Å². The number of carbonyl (C=O) groups is 2. The molecule has 2 aromatic carbocycles. The maximum absolute atomic E-state index is 13.0. The fourth-order valence-electron chi connectivity index (χ4n) is 4.34. The van der Waals surface area contributed by atoms with E-state index in [0.717, 1.165) is 36.4 Å². The molecule has 3 rings (SSSR count). The van der Waals surface area contributed by atoms with Gasteiger partial charge in [0.25, 0.3) is 5.91 Å². The van der Waals surface area contributed by atoms with E-state index >= 15 is 0 Å². The molecule has 1 atom stereocenters. The topological polar surface area (TPSA) is 49.9 Å². The third-order valence-corrected chi connectivity index (χ3v) is 6.32. The van der Waals surface area contributed by atoms with Crippen LogP contribution in [0.5, 0.6) is 0 Å². The van der Waals surface area contributed by atoms with E-state index < -0.39 is 29.4 Å². The molecule has 208 valence electrons. The van der Waals surface area contributed by atoms with Crippen LogP contribution in [0.3, 0.4) is 0 Å². The van der Waals surface area contributed by atoms with Crippen LogP contribution in [0.4, 0.5) is 26.3 Å². The highest BCUT2D eigenvalue weighted by Crippen LogP contribution is 2.30. The van der Waals surface area contributed by atoms with E-state index in [-0.39, 0.29) is 62.7 Å². The average molecular weight is 545 g/mol. The summed E-state index contributed by atoms with van der Waals surface area (Å²) in [6.07, 6.45) is -8.25. The summed E-state index contributed by atoms with van der Waals surface area (Å²) in [6.45, 7) is 4.80. The van der Waals surface area contributed by atoms with Crippen LogP contribution < -0.4 is 0 Å². The van der Waals surface area contributed by atoms with Crippen LogP contribution in [0.25, 0.3) is 0 Å². The molecule has 5 nitrogen and oxygen atoms in total. The van der Waals surface area contributed by atoms with Gasteiger partial charge in [-0.25, -0.2) is 0 Å². The van der Waals surface area contributed by atoms with Crippen molar-refractivity contribution in [3.8, 4) is 0 Å². The summed E-state index contributed by atoms with van der Waals surface area (Å²) in [4.78, 5) is 29.0. The summed E-state index contributed by atoms with van der Waals surface area (Å²) in [6, 6.07) is 8.35. The first-order chi connectivity index (χ1) is 17.8. The molecule has 1 saturated heterocycles. The zero-order valence-corrected chi connectivity index (χ0v) is 21.1. The summed E-state index contributed by atoms with van der Waals surface area (Å²) in [7, 11) is 0. The molecular weight excluding hydrogens is 514 g/mol. The number of amides is 2. The molecule has 0 N–H and O–H groups in total. The minimum Gasteiger partial charge on any atom is -0.375 e. The van der Waals surface area contributed by atoms with Crippen molar-refractivity contribution in [3.05, 3.63) is 70.8 Å². The van der Waals surface area contributed by atoms with Crippen molar-refractivity contribution in [2.24, 2.45) is 5.92 Å². The number of hydrogen-bond donors (Lipinski definition) is 0. The molecule has 0 radical (unpaired) electrons. The lowest BCUT2D eigenvalue weighted by molar-refractivity contribution is -0.138. The van der Waals surface area contributed by atoms with Crippen LogP contribution in [0, 0.1) is 5.92 Å². The summed E-state index contributed by atoms with van der Waals surface area (Å²) >= 11 is 0. The van der Waals surface area contributed by atoms with E-state index in [0.29, 0.717) is 12.0 Å². The third kappa shape index (κ3) is 7.96. The molecule has 11 heteroatoms. The molecule has 1 aliphatic heterocycles. The van der Waals surface area contributed by atoms with Crippen LogP contribution in [-0.2, 0) is 28.5 Å². The minimum atomic E-state index is -4.50. The maximum atomic E-state index is 13.0. The van der Waals surface area contributed by atoms with Gasteiger partial charge in [-0.1, -0.05) is 26.0 Å². The highest BCUT2D eigenvalue weighted by molar-refractivity contribution is 5.94. The lowest BCUT2D eigenvalue weighted by Gasteiger charge is -2.32. The molecule has 1 aliphatic rings. The normalized spacial score (nSPS) is 16.1. The molecule has 1 fully saturated rings. The van der Waals surface area contributed by atoms with Gasteiger partial charge in [0.15, 0.2) is 0 Å². The predicted octanol–water partition coefficient (Wildman–Crippen LogP) is 6.03. The Balaban J connectivity index is 1.62. The highest BCUT2D eigenvalue weighted by Gasteiger charge is 2.32. The van der Waals surface area contributed by atoms with Crippen molar-refractivity contribution < 1.29 is 40.7 Å². The molecule has 0 aliphatic carbocycles. The second-order valence-corrected chi connectivity index (χ2v) is 9.70. The summed E-state index contributed by atoms with van der Waals surface area (Å²) in [5, 5.41) is 0. The van der Waals surface area contributed by atoms with Crippen molar-refractivity contribution >= 4 is 11.8 Å². The predicted molar refractivity (Wildman–Crippen MR) is 128 cm³/mol. The van der Waals surface area contributed by atoms with Gasteiger partial charge in [0.1, 0.15) is 0 Å². The first kappa shape index (κ1) is 29.5. The van der Waals surface area contributed by atoms with Crippen molar-refractivity contribution in [1.82, 2.24) is 9.80 Å². The molecule has 0 saturated carbocycles. The number of alkyl halides is 6. The third-order valence-electron chi connectivity index (χ3n) is 6.32. The monoisotopic (exact) mass is 544 g/mol. The second-order valence-electron chi connectivity index (χ2n) is 9.70. The van der Waals surface area contributed by atoms with Gasteiger partial charge in [0, 0.05) is 31.6 Å². The second kappa shape index (κ2) is 12.2. The molecule has 2 aromatic rings. The van der Waals surface area contributed by atoms with E-state index in [9.17, 15) is 35.9 Å². The Morgan fingerprint density at radius 3 is 1.95 bits per heavy atom. The van der Waals surface area contributed by atoms with Crippen molar-refractivity contribution in [2.45, 2.75) is 51.7 Å². The first-order valence-corrected chi connectivity index (χ1v) is 12.3. The zero-order chi connectivity index (χ0) is 28.1. The molecule has 0 bridgehead atoms. The Bertz CT molecular complexity index is 1080. The summed E-state index contributed by atoms with van der Waals surface area (Å²) < 4.78 is 82.6. The largest absolute Gasteiger partial charge is 0.416 e. The van der Waals surface area contributed by atoms with Crippen molar-refractivity contribution in [1.29, 1.82) is 0 Å². The van der Waals surface area contributed by atoms with E-state index in [1.807, 2.05) is 13.8 Å². The highest BCUT2D eigenvalue weighted by atomic mass is 19.4. The van der Waals surface area contributed by atoms with Crippen LogP contribution in [0.2, 0.25) is 0 Å². The number of benzene rings is 2. The molecule has 0 spiro atoms. The Labute approximate surface area is 217 Å². The van der Waals surface area contributed by atoms with E-state index in [4.69, 9.17) is 4.74 Å². The number of nitrogens with zero attached hydrogens (tertiary/aromatic N) is 2. The van der Waals surface area contributed by atoms with Crippen molar-refractivity contribution in [2.75, 3.05) is 26.2 Å². The summed E-state index contributed by atoms with van der Waals surface area (Å²) in [5.74, 6) is -0.403. The van der Waals surface area contributed by atoms with E-state index in [1.165, 1.54) is 17.0 Å². The Morgan fingerprint density at radius 1 is 0.868 bits per heavy atom. The standard InChI is InChI=1S/C27H30F6N2O3/c1-18(2)15-23(17-38-16-19-3-7-21(8-4-19)26(28,29)30)35-14-13-34(12-11-24(35)36)25(37)20-5-9-22(10-6-20)27(31,32)33/h3-10,18,23H,11-17H2,1-2H3. The molecule has 2 amide bonds. The van der Waals surface area contributed by atoms with Crippen LogP contribution in [0.15, 0.2) is 48.5 Å². The van der Waals surface area contributed by atoms with E-state index in [2.05, 4.69) is 0 Å². The number of rotatable bonds is 8. The summed E-state index contributed by atoms with van der Waals surface area (Å²) in [5.41, 5.74) is -0.919.